The van der Waals surface area contributed by atoms with Crippen molar-refractivity contribution >= 4 is 28.5 Å². The topological polar surface area (TPSA) is 43.4 Å². The number of ether oxygens (including phenoxy) is 2. The predicted octanol–water partition coefficient (Wildman–Crippen LogP) is 4.59. The van der Waals surface area contributed by atoms with Crippen LogP contribution in [-0.4, -0.2) is 82.6 Å². The Labute approximate surface area is 223 Å². The van der Waals surface area contributed by atoms with Gasteiger partial charge < -0.3 is 28.6 Å². The first-order chi connectivity index (χ1) is 16.7. The standard InChI is InChI=1S/C16H25BFNO3.C10H13BrFNO/c1-15(2)16(3,4)22-17(21-15)12-7-8-13(18)14(11-12)20-10-9-19(5)6;1-13(2)5-6-14-10-7-8(11)3-4-9(10)12/h7-8,11H,9-10H2,1-6H3;3-4,7H,5-6H2,1-2H3. The van der Waals surface area contributed by atoms with E-state index in [1.807, 2.05) is 65.7 Å². The van der Waals surface area contributed by atoms with Crippen molar-refractivity contribution in [1.29, 1.82) is 0 Å². The summed E-state index contributed by atoms with van der Waals surface area (Å²) >= 11 is 3.26. The third-order valence-electron chi connectivity index (χ3n) is 5.97. The van der Waals surface area contributed by atoms with Gasteiger partial charge in [0, 0.05) is 17.6 Å². The van der Waals surface area contributed by atoms with Crippen LogP contribution >= 0.6 is 15.9 Å². The van der Waals surface area contributed by atoms with Gasteiger partial charge in [0.1, 0.15) is 13.2 Å². The molecule has 10 heteroatoms. The zero-order valence-electron chi connectivity index (χ0n) is 22.5. The van der Waals surface area contributed by atoms with Crippen molar-refractivity contribution < 1.29 is 27.6 Å². The number of benzene rings is 2. The molecule has 6 nitrogen and oxygen atoms in total. The molecule has 36 heavy (non-hydrogen) atoms. The minimum absolute atomic E-state index is 0.231. The number of halogens is 3. The highest BCUT2D eigenvalue weighted by atomic mass is 79.9. The second-order valence-electron chi connectivity index (χ2n) is 10.2. The van der Waals surface area contributed by atoms with E-state index in [0.29, 0.717) is 19.0 Å². The molecule has 1 saturated heterocycles. The van der Waals surface area contributed by atoms with Gasteiger partial charge in [-0.25, -0.2) is 8.78 Å². The first-order valence-electron chi connectivity index (χ1n) is 11.9. The monoisotopic (exact) mass is 570 g/mol. The molecule has 0 radical (unpaired) electrons. The lowest BCUT2D eigenvalue weighted by Gasteiger charge is -2.32. The van der Waals surface area contributed by atoms with Crippen LogP contribution in [-0.2, 0) is 9.31 Å². The highest BCUT2D eigenvalue weighted by molar-refractivity contribution is 9.10. The van der Waals surface area contributed by atoms with Crippen molar-refractivity contribution in [2.24, 2.45) is 0 Å². The van der Waals surface area contributed by atoms with Gasteiger partial charge in [0.25, 0.3) is 0 Å². The fourth-order valence-corrected chi connectivity index (χ4v) is 3.36. The second kappa shape index (κ2) is 13.2. The lowest BCUT2D eigenvalue weighted by Crippen LogP contribution is -2.41. The number of likely N-dealkylation sites (N-methyl/N-ethyl adjacent to an activating group) is 2. The number of rotatable bonds is 9. The van der Waals surface area contributed by atoms with Crippen molar-refractivity contribution in [1.82, 2.24) is 9.80 Å². The van der Waals surface area contributed by atoms with Crippen LogP contribution in [0, 0.1) is 11.6 Å². The molecule has 1 aliphatic rings. The molecule has 2 aromatic carbocycles. The zero-order chi connectivity index (χ0) is 27.1. The van der Waals surface area contributed by atoms with E-state index in [1.54, 1.807) is 24.3 Å². The molecule has 1 fully saturated rings. The van der Waals surface area contributed by atoms with Crippen LogP contribution in [0.2, 0.25) is 0 Å². The molecule has 0 saturated carbocycles. The largest absolute Gasteiger partial charge is 0.494 e. The van der Waals surface area contributed by atoms with Crippen LogP contribution in [0.25, 0.3) is 0 Å². The van der Waals surface area contributed by atoms with E-state index < -0.39 is 18.3 Å². The minimum Gasteiger partial charge on any atom is -0.489 e. The summed E-state index contributed by atoms with van der Waals surface area (Å²) in [6.45, 7) is 10.4. The lowest BCUT2D eigenvalue weighted by molar-refractivity contribution is 0.00578. The van der Waals surface area contributed by atoms with Gasteiger partial charge in [-0.1, -0.05) is 22.0 Å². The molecule has 0 aromatic heterocycles. The van der Waals surface area contributed by atoms with Crippen molar-refractivity contribution in [3.63, 3.8) is 0 Å². The molecular formula is C26H38BBrF2N2O4. The Kier molecular flexibility index (Phi) is 11.2. The molecule has 0 atom stereocenters. The molecule has 0 unspecified atom stereocenters. The number of nitrogens with zero attached hydrogens (tertiary/aromatic N) is 2. The van der Waals surface area contributed by atoms with Gasteiger partial charge in [-0.05, 0) is 91.7 Å². The number of hydrogen-bond donors (Lipinski definition) is 0. The van der Waals surface area contributed by atoms with Gasteiger partial charge in [0.2, 0.25) is 0 Å². The average Bonchev–Trinajstić information content (AvgIpc) is 2.99. The summed E-state index contributed by atoms with van der Waals surface area (Å²) in [6.07, 6.45) is 0. The predicted molar refractivity (Wildman–Crippen MR) is 144 cm³/mol. The number of hydrogen-bond acceptors (Lipinski definition) is 6. The fourth-order valence-electron chi connectivity index (χ4n) is 3.02. The Morgan fingerprint density at radius 3 is 1.69 bits per heavy atom. The van der Waals surface area contributed by atoms with E-state index in [4.69, 9.17) is 18.8 Å². The molecule has 0 bridgehead atoms. The highest BCUT2D eigenvalue weighted by Gasteiger charge is 2.51. The van der Waals surface area contributed by atoms with Crippen LogP contribution in [0.3, 0.4) is 0 Å². The highest BCUT2D eigenvalue weighted by Crippen LogP contribution is 2.36. The van der Waals surface area contributed by atoms with Crippen molar-refractivity contribution in [3.8, 4) is 11.5 Å². The maximum atomic E-state index is 13.9. The van der Waals surface area contributed by atoms with E-state index in [0.717, 1.165) is 23.0 Å². The van der Waals surface area contributed by atoms with Gasteiger partial charge in [0.05, 0.1) is 11.2 Å². The summed E-state index contributed by atoms with van der Waals surface area (Å²) in [4.78, 5) is 3.96. The summed E-state index contributed by atoms with van der Waals surface area (Å²) in [7, 11) is 7.27. The SMILES string of the molecule is CN(C)CCOc1cc(B2OC(C)(C)C(C)(C)O2)ccc1F.CN(C)CCOc1cc(Br)ccc1F. The van der Waals surface area contributed by atoms with Crippen LogP contribution < -0.4 is 14.9 Å². The minimum atomic E-state index is -0.512. The summed E-state index contributed by atoms with van der Waals surface area (Å²) in [5.74, 6) is -0.179. The molecule has 1 heterocycles. The maximum absolute atomic E-state index is 13.9. The third kappa shape index (κ3) is 8.99. The molecule has 0 spiro atoms. The third-order valence-corrected chi connectivity index (χ3v) is 6.46. The lowest BCUT2D eigenvalue weighted by atomic mass is 9.79. The first kappa shape index (κ1) is 30.5. The van der Waals surface area contributed by atoms with Gasteiger partial charge in [0.15, 0.2) is 23.1 Å². The normalized spacial score (nSPS) is 16.2. The maximum Gasteiger partial charge on any atom is 0.494 e. The Hall–Kier alpha value is -1.72. The summed E-state index contributed by atoms with van der Waals surface area (Å²) in [5, 5.41) is 0. The quantitative estimate of drug-likeness (QED) is 0.411. The molecule has 0 N–H and O–H groups in total. The van der Waals surface area contributed by atoms with E-state index in [2.05, 4.69) is 15.9 Å². The second-order valence-corrected chi connectivity index (χ2v) is 11.1. The summed E-state index contributed by atoms with van der Waals surface area (Å²) in [6, 6.07) is 9.39. The van der Waals surface area contributed by atoms with Crippen LogP contribution in [0.1, 0.15) is 27.7 Å². The van der Waals surface area contributed by atoms with Gasteiger partial charge in [-0.3, -0.25) is 0 Å². The Morgan fingerprint density at radius 2 is 1.22 bits per heavy atom. The zero-order valence-corrected chi connectivity index (χ0v) is 24.1. The molecule has 0 aliphatic carbocycles. The van der Waals surface area contributed by atoms with Gasteiger partial charge in [-0.2, -0.15) is 0 Å². The van der Waals surface area contributed by atoms with Gasteiger partial charge >= 0.3 is 7.12 Å². The fraction of sp³-hybridized carbons (Fsp3) is 0.538. The molecular weight excluding hydrogens is 533 g/mol. The van der Waals surface area contributed by atoms with Crippen LogP contribution in [0.5, 0.6) is 11.5 Å². The molecule has 200 valence electrons. The van der Waals surface area contributed by atoms with Crippen molar-refractivity contribution in [2.75, 3.05) is 54.5 Å². The molecule has 1 aliphatic heterocycles. The average molecular weight is 571 g/mol. The van der Waals surface area contributed by atoms with E-state index >= 15 is 0 Å². The van der Waals surface area contributed by atoms with Crippen molar-refractivity contribution in [2.45, 2.75) is 38.9 Å². The van der Waals surface area contributed by atoms with E-state index in [-0.39, 0.29) is 17.4 Å². The Balaban J connectivity index is 0.000000281. The van der Waals surface area contributed by atoms with E-state index in [9.17, 15) is 8.78 Å². The Bertz CT molecular complexity index is 976. The molecule has 2 aromatic rings. The Morgan fingerprint density at radius 1 is 0.778 bits per heavy atom. The van der Waals surface area contributed by atoms with Gasteiger partial charge in [-0.15, -0.1) is 0 Å². The summed E-state index contributed by atoms with van der Waals surface area (Å²) in [5.41, 5.74) is -0.0735. The van der Waals surface area contributed by atoms with Crippen molar-refractivity contribution in [3.05, 3.63) is 52.5 Å². The van der Waals surface area contributed by atoms with Crippen LogP contribution in [0.15, 0.2) is 40.9 Å². The smallest absolute Gasteiger partial charge is 0.489 e. The molecule has 3 rings (SSSR count). The first-order valence-corrected chi connectivity index (χ1v) is 12.7. The van der Waals surface area contributed by atoms with E-state index in [1.165, 1.54) is 12.1 Å². The van der Waals surface area contributed by atoms with Crippen LogP contribution in [0.4, 0.5) is 8.78 Å². The summed E-state index contributed by atoms with van der Waals surface area (Å²) < 4.78 is 50.6. The molecule has 0 amide bonds.